The van der Waals surface area contributed by atoms with Crippen LogP contribution in [0.1, 0.15) is 12.8 Å². The summed E-state index contributed by atoms with van der Waals surface area (Å²) in [6.07, 6.45) is -2.13. The average Bonchev–Trinajstić information content (AvgIpc) is 3.28. The molecule has 0 aliphatic heterocycles. The molecular weight excluding hydrogens is 318 g/mol. The lowest BCUT2D eigenvalue weighted by molar-refractivity contribution is -0.384. The van der Waals surface area contributed by atoms with Crippen molar-refractivity contribution in [3.63, 3.8) is 0 Å². The van der Waals surface area contributed by atoms with E-state index in [2.05, 4.69) is 4.18 Å². The van der Waals surface area contributed by atoms with Crippen LogP contribution in [0, 0.1) is 16.0 Å². The van der Waals surface area contributed by atoms with Gasteiger partial charge >= 0.3 is 5.97 Å². The molecular formula is C12H13NO8S. The van der Waals surface area contributed by atoms with Crippen LogP contribution in [0.25, 0.3) is 0 Å². The number of aliphatic hydroxyl groups excluding tert-OH is 1. The molecule has 2 N–H and O–H groups in total. The number of hydrogen-bond donors (Lipinski definition) is 2. The van der Waals surface area contributed by atoms with Crippen molar-refractivity contribution in [1.82, 2.24) is 0 Å². The number of nitro benzene ring substituents is 1. The van der Waals surface area contributed by atoms with Gasteiger partial charge in [0.1, 0.15) is 0 Å². The Morgan fingerprint density at radius 1 is 1.32 bits per heavy atom. The molecule has 9 nitrogen and oxygen atoms in total. The Morgan fingerprint density at radius 2 is 1.86 bits per heavy atom. The number of carbonyl (C=O) groups is 1. The van der Waals surface area contributed by atoms with Crippen molar-refractivity contribution < 1.29 is 32.5 Å². The van der Waals surface area contributed by atoms with E-state index in [9.17, 15) is 28.4 Å². The first-order valence-electron chi connectivity index (χ1n) is 6.31. The summed E-state index contributed by atoms with van der Waals surface area (Å²) < 4.78 is 28.6. The summed E-state index contributed by atoms with van der Waals surface area (Å²) in [5.41, 5.74) is -0.313. The molecule has 2 rings (SSSR count). The van der Waals surface area contributed by atoms with E-state index in [1.165, 1.54) is 0 Å². The first kappa shape index (κ1) is 16.3. The molecule has 0 saturated heterocycles. The number of carboxylic acids is 1. The van der Waals surface area contributed by atoms with E-state index in [4.69, 9.17) is 5.11 Å². The minimum atomic E-state index is -4.46. The number of non-ortho nitro benzene ring substituents is 1. The Hall–Kier alpha value is -2.04. The lowest BCUT2D eigenvalue weighted by Crippen LogP contribution is -2.39. The normalized spacial score (nSPS) is 17.7. The molecule has 0 aromatic heterocycles. The number of hydrogen-bond acceptors (Lipinski definition) is 7. The lowest BCUT2D eigenvalue weighted by atomic mass is 10.1. The van der Waals surface area contributed by atoms with Gasteiger partial charge in [0, 0.05) is 12.1 Å². The number of nitro groups is 1. The first-order valence-corrected chi connectivity index (χ1v) is 7.72. The number of aliphatic carboxylic acids is 1. The van der Waals surface area contributed by atoms with Crippen LogP contribution in [-0.2, 0) is 19.1 Å². The second kappa shape index (κ2) is 5.99. The number of aliphatic hydroxyl groups is 1. The maximum absolute atomic E-state index is 12.0. The summed E-state index contributed by atoms with van der Waals surface area (Å²) in [7, 11) is -4.46. The number of rotatable bonds is 7. The van der Waals surface area contributed by atoms with Gasteiger partial charge in [0.05, 0.1) is 15.9 Å². The third kappa shape index (κ3) is 3.59. The molecule has 2 atom stereocenters. The minimum Gasteiger partial charge on any atom is -0.479 e. The quantitative estimate of drug-likeness (QED) is 0.418. The fraction of sp³-hybridized carbons (Fsp3) is 0.417. The van der Waals surface area contributed by atoms with E-state index < -0.39 is 38.1 Å². The van der Waals surface area contributed by atoms with Gasteiger partial charge in [-0.15, -0.1) is 0 Å². The van der Waals surface area contributed by atoms with Crippen LogP contribution in [-0.4, -0.2) is 41.7 Å². The molecule has 1 aliphatic rings. The van der Waals surface area contributed by atoms with Crippen molar-refractivity contribution in [1.29, 1.82) is 0 Å². The highest BCUT2D eigenvalue weighted by Crippen LogP contribution is 2.35. The van der Waals surface area contributed by atoms with Crippen LogP contribution in [0.2, 0.25) is 0 Å². The van der Waals surface area contributed by atoms with Gasteiger partial charge in [-0.2, -0.15) is 8.42 Å². The summed E-state index contributed by atoms with van der Waals surface area (Å²) in [5.74, 6) is -1.89. The smallest absolute Gasteiger partial charge is 0.337 e. The van der Waals surface area contributed by atoms with Crippen molar-refractivity contribution in [3.8, 4) is 0 Å². The highest BCUT2D eigenvalue weighted by atomic mass is 32.2. The molecule has 10 heteroatoms. The molecule has 0 unspecified atom stereocenters. The molecule has 0 amide bonds. The zero-order chi connectivity index (χ0) is 16.5. The topological polar surface area (TPSA) is 144 Å². The Bertz CT molecular complexity index is 680. The van der Waals surface area contributed by atoms with Gasteiger partial charge in [0.2, 0.25) is 0 Å². The zero-order valence-corrected chi connectivity index (χ0v) is 12.0. The summed E-state index contributed by atoms with van der Waals surface area (Å²) in [4.78, 5) is 20.5. The fourth-order valence-corrected chi connectivity index (χ4v) is 2.91. The largest absolute Gasteiger partial charge is 0.479 e. The van der Waals surface area contributed by atoms with Crippen molar-refractivity contribution in [3.05, 3.63) is 34.4 Å². The molecule has 1 fully saturated rings. The van der Waals surface area contributed by atoms with Crippen LogP contribution in [0.15, 0.2) is 29.2 Å². The van der Waals surface area contributed by atoms with Crippen molar-refractivity contribution in [2.45, 2.75) is 29.9 Å². The van der Waals surface area contributed by atoms with Crippen LogP contribution >= 0.6 is 0 Å². The highest BCUT2D eigenvalue weighted by molar-refractivity contribution is 7.86. The second-order valence-corrected chi connectivity index (χ2v) is 6.46. The molecule has 1 aromatic carbocycles. The van der Waals surface area contributed by atoms with E-state index in [0.717, 1.165) is 24.3 Å². The Balaban J connectivity index is 2.21. The van der Waals surface area contributed by atoms with Crippen LogP contribution in [0.4, 0.5) is 5.69 Å². The van der Waals surface area contributed by atoms with Gasteiger partial charge in [-0.3, -0.25) is 10.1 Å². The molecule has 1 aromatic rings. The fourth-order valence-electron chi connectivity index (χ4n) is 1.86. The first-order chi connectivity index (χ1) is 10.2. The molecule has 1 aliphatic carbocycles. The SMILES string of the molecule is O=C(O)[C@@H](OS(=O)(=O)c1ccc([N+](=O)[O-])cc1)[C@H](O)C1CC1. The number of benzene rings is 1. The molecule has 0 heterocycles. The van der Waals surface area contributed by atoms with Gasteiger partial charge < -0.3 is 10.2 Å². The van der Waals surface area contributed by atoms with Gasteiger partial charge in [0.15, 0.2) is 6.10 Å². The van der Waals surface area contributed by atoms with Crippen molar-refractivity contribution in [2.75, 3.05) is 0 Å². The Morgan fingerprint density at radius 3 is 2.27 bits per heavy atom. The monoisotopic (exact) mass is 331 g/mol. The van der Waals surface area contributed by atoms with E-state index >= 15 is 0 Å². The zero-order valence-electron chi connectivity index (χ0n) is 11.2. The standard InChI is InChI=1S/C12H13NO8S/c14-10(7-1-2-7)11(12(15)16)21-22(19,20)9-5-3-8(4-6-9)13(17)18/h3-7,10-11,14H,1-2H2,(H,15,16)/t10-,11+/m1/s1. The average molecular weight is 331 g/mol. The van der Waals surface area contributed by atoms with E-state index in [0.29, 0.717) is 12.8 Å². The lowest BCUT2D eigenvalue weighted by Gasteiger charge is -2.18. The Labute approximate surface area is 125 Å². The van der Waals surface area contributed by atoms with Gasteiger partial charge in [-0.1, -0.05) is 0 Å². The molecule has 120 valence electrons. The summed E-state index contributed by atoms with van der Waals surface area (Å²) in [6, 6.07) is 3.80. The van der Waals surface area contributed by atoms with Crippen LogP contribution in [0.5, 0.6) is 0 Å². The van der Waals surface area contributed by atoms with Gasteiger partial charge in [-0.25, -0.2) is 8.98 Å². The maximum atomic E-state index is 12.0. The summed E-state index contributed by atoms with van der Waals surface area (Å²) in [5, 5.41) is 29.3. The van der Waals surface area contributed by atoms with E-state index in [1.54, 1.807) is 0 Å². The van der Waals surface area contributed by atoms with E-state index in [1.807, 2.05) is 0 Å². The molecule has 0 spiro atoms. The van der Waals surface area contributed by atoms with Gasteiger partial charge in [0.25, 0.3) is 15.8 Å². The summed E-state index contributed by atoms with van der Waals surface area (Å²) >= 11 is 0. The third-order valence-electron chi connectivity index (χ3n) is 3.23. The molecule has 22 heavy (non-hydrogen) atoms. The predicted octanol–water partition coefficient (Wildman–Crippen LogP) is 0.524. The number of carboxylic acid groups (broad SMARTS) is 1. The van der Waals surface area contributed by atoms with Crippen LogP contribution < -0.4 is 0 Å². The molecule has 0 radical (unpaired) electrons. The number of nitrogens with zero attached hydrogens (tertiary/aromatic N) is 1. The Kier molecular flexibility index (Phi) is 4.44. The third-order valence-corrected chi connectivity index (χ3v) is 4.54. The van der Waals surface area contributed by atoms with Crippen molar-refractivity contribution >= 4 is 21.8 Å². The maximum Gasteiger partial charge on any atom is 0.337 e. The minimum absolute atomic E-state index is 0.298. The second-order valence-electron chi connectivity index (χ2n) is 4.89. The van der Waals surface area contributed by atoms with Gasteiger partial charge in [-0.05, 0) is 30.9 Å². The van der Waals surface area contributed by atoms with Crippen molar-refractivity contribution in [2.24, 2.45) is 5.92 Å². The molecule has 1 saturated carbocycles. The van der Waals surface area contributed by atoms with Crippen LogP contribution in [0.3, 0.4) is 0 Å². The van der Waals surface area contributed by atoms with E-state index in [-0.39, 0.29) is 11.6 Å². The molecule has 0 bridgehead atoms. The summed E-state index contributed by atoms with van der Waals surface area (Å²) in [6.45, 7) is 0. The highest BCUT2D eigenvalue weighted by Gasteiger charge is 2.42. The predicted molar refractivity (Wildman–Crippen MR) is 71.5 cm³/mol.